The van der Waals surface area contributed by atoms with Gasteiger partial charge in [-0.2, -0.15) is 0 Å². The summed E-state index contributed by atoms with van der Waals surface area (Å²) in [6, 6.07) is 8.27. The number of primary amides is 1. The number of nitrogens with two attached hydrogens (primary N) is 1. The van der Waals surface area contributed by atoms with Crippen LogP contribution in [0.5, 0.6) is 17.2 Å². The molecule has 0 aromatic heterocycles. The molecule has 0 saturated heterocycles. The van der Waals surface area contributed by atoms with E-state index in [0.717, 1.165) is 11.6 Å². The summed E-state index contributed by atoms with van der Waals surface area (Å²) in [5, 5.41) is 9.42. The van der Waals surface area contributed by atoms with E-state index < -0.39 is 11.7 Å². The predicted octanol–water partition coefficient (Wildman–Crippen LogP) is 2.73. The van der Waals surface area contributed by atoms with E-state index in [1.807, 2.05) is 0 Å². The number of carbonyl (C=O) groups excluding carboxylic acids is 1. The van der Waals surface area contributed by atoms with Crippen molar-refractivity contribution in [1.29, 1.82) is 0 Å². The van der Waals surface area contributed by atoms with Gasteiger partial charge in [0.2, 0.25) is 5.91 Å². The first-order chi connectivity index (χ1) is 8.95. The quantitative estimate of drug-likeness (QED) is 0.892. The van der Waals surface area contributed by atoms with Gasteiger partial charge in [-0.05, 0) is 42.8 Å². The molecule has 0 aliphatic rings. The lowest BCUT2D eigenvalue weighted by Crippen LogP contribution is -2.11. The maximum atomic E-state index is 13.7. The minimum absolute atomic E-state index is 0.0316. The highest BCUT2D eigenvalue weighted by Crippen LogP contribution is 2.28. The summed E-state index contributed by atoms with van der Waals surface area (Å²) in [6.07, 6.45) is 0. The second-order valence-electron chi connectivity index (χ2n) is 4.12. The molecule has 0 aliphatic carbocycles. The molecule has 19 heavy (non-hydrogen) atoms. The smallest absolute Gasteiger partial charge is 0.248 e. The molecule has 0 radical (unpaired) electrons. The normalized spacial score (nSPS) is 10.2. The van der Waals surface area contributed by atoms with E-state index in [-0.39, 0.29) is 17.1 Å². The van der Waals surface area contributed by atoms with Crippen molar-refractivity contribution in [3.63, 3.8) is 0 Å². The van der Waals surface area contributed by atoms with Crippen LogP contribution < -0.4 is 10.5 Å². The van der Waals surface area contributed by atoms with E-state index in [1.54, 1.807) is 19.1 Å². The average Bonchev–Trinajstić information content (AvgIpc) is 2.30. The zero-order valence-electron chi connectivity index (χ0n) is 10.2. The third-order valence-corrected chi connectivity index (χ3v) is 2.48. The highest BCUT2D eigenvalue weighted by atomic mass is 19.1. The molecule has 2 aromatic rings. The third-order valence-electron chi connectivity index (χ3n) is 2.48. The summed E-state index contributed by atoms with van der Waals surface area (Å²) in [7, 11) is 0. The fraction of sp³-hybridized carbons (Fsp3) is 0.0714. The molecule has 2 rings (SSSR count). The van der Waals surface area contributed by atoms with Crippen LogP contribution in [0, 0.1) is 12.7 Å². The van der Waals surface area contributed by atoms with E-state index in [1.165, 1.54) is 18.2 Å². The van der Waals surface area contributed by atoms with Crippen molar-refractivity contribution in [2.24, 2.45) is 5.73 Å². The second-order valence-corrected chi connectivity index (χ2v) is 4.12. The third kappa shape index (κ3) is 3.01. The first-order valence-electron chi connectivity index (χ1n) is 5.53. The van der Waals surface area contributed by atoms with Gasteiger partial charge in [-0.1, -0.05) is 0 Å². The van der Waals surface area contributed by atoms with Gasteiger partial charge < -0.3 is 15.6 Å². The fourth-order valence-electron chi connectivity index (χ4n) is 1.65. The molecule has 5 heteroatoms. The van der Waals surface area contributed by atoms with Gasteiger partial charge >= 0.3 is 0 Å². The van der Waals surface area contributed by atoms with E-state index in [0.29, 0.717) is 5.75 Å². The minimum Gasteiger partial charge on any atom is -0.508 e. The molecule has 0 saturated carbocycles. The van der Waals surface area contributed by atoms with E-state index in [4.69, 9.17) is 10.5 Å². The highest BCUT2D eigenvalue weighted by Gasteiger charge is 2.09. The van der Waals surface area contributed by atoms with E-state index in [9.17, 15) is 14.3 Å². The molecule has 0 heterocycles. The van der Waals surface area contributed by atoms with Crippen molar-refractivity contribution in [2.45, 2.75) is 6.92 Å². The topological polar surface area (TPSA) is 72.6 Å². The number of phenolic OH excluding ortho intramolecular Hbond substituents is 1. The molecule has 0 aliphatic heterocycles. The molecule has 0 unspecified atom stereocenters. The number of carbonyl (C=O) groups is 1. The Kier molecular flexibility index (Phi) is 3.37. The lowest BCUT2D eigenvalue weighted by atomic mass is 10.2. The van der Waals surface area contributed by atoms with Crippen molar-refractivity contribution >= 4 is 5.91 Å². The fourth-order valence-corrected chi connectivity index (χ4v) is 1.65. The predicted molar refractivity (Wildman–Crippen MR) is 67.8 cm³/mol. The number of hydrogen-bond acceptors (Lipinski definition) is 3. The van der Waals surface area contributed by atoms with Crippen LogP contribution >= 0.6 is 0 Å². The SMILES string of the molecule is Cc1cc(O)cc(Oc2ccc(C(N)=O)cc2F)c1. The van der Waals surface area contributed by atoms with Gasteiger partial charge in [0.25, 0.3) is 0 Å². The summed E-state index contributed by atoms with van der Waals surface area (Å²) in [5.74, 6) is -1.11. The molecule has 0 bridgehead atoms. The van der Waals surface area contributed by atoms with Crippen molar-refractivity contribution in [3.8, 4) is 17.2 Å². The van der Waals surface area contributed by atoms with Gasteiger partial charge in [-0.15, -0.1) is 0 Å². The minimum atomic E-state index is -0.710. The van der Waals surface area contributed by atoms with Gasteiger partial charge in [-0.3, -0.25) is 4.79 Å². The zero-order chi connectivity index (χ0) is 14.0. The Balaban J connectivity index is 2.30. The Morgan fingerprint density at radius 1 is 1.26 bits per heavy atom. The van der Waals surface area contributed by atoms with Gasteiger partial charge in [0.05, 0.1) is 0 Å². The number of aryl methyl sites for hydroxylation is 1. The largest absolute Gasteiger partial charge is 0.508 e. The number of aromatic hydroxyl groups is 1. The number of benzene rings is 2. The van der Waals surface area contributed by atoms with Crippen LogP contribution in [0.1, 0.15) is 15.9 Å². The molecule has 1 amide bonds. The Labute approximate surface area is 109 Å². The maximum Gasteiger partial charge on any atom is 0.248 e. The zero-order valence-corrected chi connectivity index (χ0v) is 10.2. The lowest BCUT2D eigenvalue weighted by molar-refractivity contribution is 0.1000. The first-order valence-corrected chi connectivity index (χ1v) is 5.53. The van der Waals surface area contributed by atoms with Crippen LogP contribution in [0.2, 0.25) is 0 Å². The van der Waals surface area contributed by atoms with Gasteiger partial charge in [0.15, 0.2) is 11.6 Å². The first kappa shape index (κ1) is 12.9. The number of amides is 1. The number of hydrogen-bond donors (Lipinski definition) is 2. The Morgan fingerprint density at radius 2 is 2.00 bits per heavy atom. The number of rotatable bonds is 3. The Morgan fingerprint density at radius 3 is 2.58 bits per heavy atom. The number of halogens is 1. The number of ether oxygens (including phenoxy) is 1. The van der Waals surface area contributed by atoms with Crippen molar-refractivity contribution in [1.82, 2.24) is 0 Å². The molecule has 2 aromatic carbocycles. The van der Waals surface area contributed by atoms with Crippen molar-refractivity contribution in [2.75, 3.05) is 0 Å². The summed E-state index contributed by atoms with van der Waals surface area (Å²) in [6.45, 7) is 1.78. The van der Waals surface area contributed by atoms with Crippen LogP contribution in [-0.2, 0) is 0 Å². The highest BCUT2D eigenvalue weighted by molar-refractivity contribution is 5.92. The molecule has 0 fully saturated rings. The Hall–Kier alpha value is -2.56. The van der Waals surface area contributed by atoms with Crippen molar-refractivity contribution < 1.29 is 19.0 Å². The molecule has 98 valence electrons. The Bertz CT molecular complexity index is 620. The molecule has 0 atom stereocenters. The van der Waals surface area contributed by atoms with E-state index in [2.05, 4.69) is 0 Å². The lowest BCUT2D eigenvalue weighted by Gasteiger charge is -2.08. The molecule has 3 N–H and O–H groups in total. The van der Waals surface area contributed by atoms with Crippen LogP contribution in [-0.4, -0.2) is 11.0 Å². The molecule has 0 spiro atoms. The summed E-state index contributed by atoms with van der Waals surface area (Å²) >= 11 is 0. The summed E-state index contributed by atoms with van der Waals surface area (Å²) in [4.78, 5) is 10.9. The van der Waals surface area contributed by atoms with Crippen LogP contribution in [0.3, 0.4) is 0 Å². The second kappa shape index (κ2) is 4.97. The van der Waals surface area contributed by atoms with Gasteiger partial charge in [-0.25, -0.2) is 4.39 Å². The van der Waals surface area contributed by atoms with Crippen LogP contribution in [0.15, 0.2) is 36.4 Å². The van der Waals surface area contributed by atoms with E-state index >= 15 is 0 Å². The van der Waals surface area contributed by atoms with Gasteiger partial charge in [0.1, 0.15) is 11.5 Å². The van der Waals surface area contributed by atoms with Crippen molar-refractivity contribution in [3.05, 3.63) is 53.3 Å². The monoisotopic (exact) mass is 261 g/mol. The summed E-state index contributed by atoms with van der Waals surface area (Å²) in [5.41, 5.74) is 5.89. The number of phenols is 1. The molecular formula is C14H12FNO3. The van der Waals surface area contributed by atoms with Crippen LogP contribution in [0.25, 0.3) is 0 Å². The van der Waals surface area contributed by atoms with Crippen LogP contribution in [0.4, 0.5) is 4.39 Å². The summed E-state index contributed by atoms with van der Waals surface area (Å²) < 4.78 is 19.0. The standard InChI is InChI=1S/C14H12FNO3/c1-8-4-10(17)7-11(5-8)19-13-3-2-9(14(16)18)6-12(13)15/h2-7,17H,1H3,(H2,16,18). The molecular weight excluding hydrogens is 249 g/mol. The average molecular weight is 261 g/mol. The van der Waals surface area contributed by atoms with Gasteiger partial charge in [0, 0.05) is 11.6 Å². The maximum absolute atomic E-state index is 13.7. The molecule has 4 nitrogen and oxygen atoms in total.